The lowest BCUT2D eigenvalue weighted by molar-refractivity contribution is 0.0694. The van der Waals surface area contributed by atoms with Crippen molar-refractivity contribution in [2.45, 2.75) is 13.5 Å². The maximum Gasteiger partial charge on any atom is 0.339 e. The van der Waals surface area contributed by atoms with Crippen LogP contribution in [-0.2, 0) is 6.54 Å². The van der Waals surface area contributed by atoms with Crippen molar-refractivity contribution in [1.82, 2.24) is 0 Å². The molecule has 3 N–H and O–H groups in total. The number of carboxylic acids is 1. The average Bonchev–Trinajstić information content (AvgIpc) is 2.52. The van der Waals surface area contributed by atoms with Crippen LogP contribution in [0.1, 0.15) is 21.5 Å². The first-order valence-corrected chi connectivity index (χ1v) is 6.35. The van der Waals surface area contributed by atoms with Crippen LogP contribution in [0, 0.1) is 30.2 Å². The number of aromatic hydroxyl groups is 1. The molecule has 2 rings (SSSR count). The molecule has 0 aromatic heterocycles. The summed E-state index contributed by atoms with van der Waals surface area (Å²) in [6, 6.07) is 3.33. The zero-order chi connectivity index (χ0) is 17.3. The first kappa shape index (κ1) is 16.6. The fourth-order valence-electron chi connectivity index (χ4n) is 1.95. The third-order valence-corrected chi connectivity index (χ3v) is 3.27. The van der Waals surface area contributed by atoms with Crippen molar-refractivity contribution in [3.8, 4) is 5.75 Å². The molecule has 0 amide bonds. The van der Waals surface area contributed by atoms with Crippen LogP contribution >= 0.6 is 0 Å². The number of nitrogens with one attached hydrogen (secondary N) is 1. The van der Waals surface area contributed by atoms with Gasteiger partial charge in [-0.3, -0.25) is 0 Å². The lowest BCUT2D eigenvalue weighted by Crippen LogP contribution is -2.11. The van der Waals surface area contributed by atoms with E-state index in [2.05, 4.69) is 5.32 Å². The van der Waals surface area contributed by atoms with Crippen molar-refractivity contribution in [2.24, 2.45) is 0 Å². The zero-order valence-corrected chi connectivity index (χ0v) is 11.8. The Labute approximate surface area is 128 Å². The van der Waals surface area contributed by atoms with Crippen molar-refractivity contribution in [2.75, 3.05) is 5.32 Å². The zero-order valence-electron chi connectivity index (χ0n) is 11.8. The molecule has 4 nitrogen and oxygen atoms in total. The standard InChI is InChI=1S/C15H11F4NO3/c1-6-11(16)13(18)9(14(19)12(6)17)5-20-7-2-3-10(21)8(4-7)15(22)23/h2-4,20-21H,5H2,1H3,(H,22,23). The third-order valence-electron chi connectivity index (χ3n) is 3.27. The fraction of sp³-hybridized carbons (Fsp3) is 0.133. The molecule has 8 heteroatoms. The summed E-state index contributed by atoms with van der Waals surface area (Å²) >= 11 is 0. The number of phenols is 1. The van der Waals surface area contributed by atoms with Crippen LogP contribution in [0.15, 0.2) is 18.2 Å². The van der Waals surface area contributed by atoms with Gasteiger partial charge in [0.1, 0.15) is 11.3 Å². The van der Waals surface area contributed by atoms with Gasteiger partial charge >= 0.3 is 5.97 Å². The van der Waals surface area contributed by atoms with E-state index in [1.165, 1.54) is 6.07 Å². The molecular formula is C15H11F4NO3. The van der Waals surface area contributed by atoms with E-state index in [9.17, 15) is 27.5 Å². The highest BCUT2D eigenvalue weighted by Gasteiger charge is 2.22. The number of carbonyl (C=O) groups is 1. The summed E-state index contributed by atoms with van der Waals surface area (Å²) < 4.78 is 54.4. The maximum absolute atomic E-state index is 13.7. The summed E-state index contributed by atoms with van der Waals surface area (Å²) in [6.45, 7) is 0.294. The number of hydrogen-bond donors (Lipinski definition) is 3. The second-order valence-corrected chi connectivity index (χ2v) is 4.75. The van der Waals surface area contributed by atoms with Gasteiger partial charge in [0.05, 0.1) is 0 Å². The Hall–Kier alpha value is -2.77. The quantitative estimate of drug-likeness (QED) is 0.456. The molecule has 0 saturated carbocycles. The molecule has 0 unspecified atom stereocenters. The number of anilines is 1. The second kappa shape index (κ2) is 6.15. The Morgan fingerprint density at radius 2 is 1.65 bits per heavy atom. The monoisotopic (exact) mass is 329 g/mol. The van der Waals surface area contributed by atoms with Crippen molar-refractivity contribution >= 4 is 11.7 Å². The molecule has 0 aliphatic carbocycles. The van der Waals surface area contributed by atoms with E-state index in [0.717, 1.165) is 19.1 Å². The molecule has 0 aliphatic rings. The van der Waals surface area contributed by atoms with Crippen LogP contribution in [0.5, 0.6) is 5.75 Å². The molecule has 0 heterocycles. The minimum Gasteiger partial charge on any atom is -0.507 e. The maximum atomic E-state index is 13.7. The predicted octanol–water partition coefficient (Wildman–Crippen LogP) is 3.57. The van der Waals surface area contributed by atoms with Gasteiger partial charge in [0.2, 0.25) is 0 Å². The Morgan fingerprint density at radius 1 is 1.09 bits per heavy atom. The van der Waals surface area contributed by atoms with Crippen LogP contribution in [0.25, 0.3) is 0 Å². The van der Waals surface area contributed by atoms with Crippen LogP contribution in [0.4, 0.5) is 23.2 Å². The van der Waals surface area contributed by atoms with Crippen LogP contribution in [0.2, 0.25) is 0 Å². The number of aromatic carboxylic acids is 1. The molecule has 0 aliphatic heterocycles. The minimum atomic E-state index is -1.52. The van der Waals surface area contributed by atoms with Gasteiger partial charge in [-0.15, -0.1) is 0 Å². The molecule has 23 heavy (non-hydrogen) atoms. The smallest absolute Gasteiger partial charge is 0.339 e. The van der Waals surface area contributed by atoms with Gasteiger partial charge in [0.25, 0.3) is 0 Å². The molecule has 0 radical (unpaired) electrons. The highest BCUT2D eigenvalue weighted by atomic mass is 19.2. The normalized spacial score (nSPS) is 10.7. The SMILES string of the molecule is Cc1c(F)c(F)c(CNc2ccc(O)c(C(=O)O)c2)c(F)c1F. The van der Waals surface area contributed by atoms with E-state index >= 15 is 0 Å². The Balaban J connectivity index is 2.32. The topological polar surface area (TPSA) is 69.6 Å². The van der Waals surface area contributed by atoms with Gasteiger partial charge in [-0.25, -0.2) is 22.4 Å². The summed E-state index contributed by atoms with van der Waals surface area (Å²) in [7, 11) is 0. The summed E-state index contributed by atoms with van der Waals surface area (Å²) in [5.74, 6) is -7.92. The van der Waals surface area contributed by atoms with Crippen molar-refractivity contribution in [1.29, 1.82) is 0 Å². The largest absolute Gasteiger partial charge is 0.507 e. The number of benzene rings is 2. The van der Waals surface area contributed by atoms with E-state index in [-0.39, 0.29) is 5.69 Å². The van der Waals surface area contributed by atoms with E-state index in [1.54, 1.807) is 0 Å². The lowest BCUT2D eigenvalue weighted by atomic mass is 10.1. The van der Waals surface area contributed by atoms with Crippen LogP contribution in [-0.4, -0.2) is 16.2 Å². The first-order valence-electron chi connectivity index (χ1n) is 6.35. The predicted molar refractivity (Wildman–Crippen MR) is 73.4 cm³/mol. The fourth-order valence-corrected chi connectivity index (χ4v) is 1.95. The summed E-state index contributed by atoms with van der Waals surface area (Å²) in [4.78, 5) is 10.9. The molecule has 0 fully saturated rings. The minimum absolute atomic E-state index is 0.0976. The lowest BCUT2D eigenvalue weighted by Gasteiger charge is -2.12. The molecule has 122 valence electrons. The Morgan fingerprint density at radius 3 is 2.17 bits per heavy atom. The van der Waals surface area contributed by atoms with E-state index in [0.29, 0.717) is 0 Å². The van der Waals surface area contributed by atoms with E-state index in [1.807, 2.05) is 0 Å². The van der Waals surface area contributed by atoms with Gasteiger partial charge in [0.15, 0.2) is 23.3 Å². The number of hydrogen-bond acceptors (Lipinski definition) is 3. The molecule has 0 saturated heterocycles. The van der Waals surface area contributed by atoms with Crippen molar-refractivity contribution in [3.05, 3.63) is 58.2 Å². The first-order chi connectivity index (χ1) is 10.7. The van der Waals surface area contributed by atoms with Gasteiger partial charge in [0, 0.05) is 23.4 Å². The Bertz CT molecular complexity index is 764. The van der Waals surface area contributed by atoms with E-state index in [4.69, 9.17) is 5.11 Å². The highest BCUT2D eigenvalue weighted by Crippen LogP contribution is 2.26. The van der Waals surface area contributed by atoms with E-state index < -0.39 is 58.2 Å². The van der Waals surface area contributed by atoms with Crippen LogP contribution < -0.4 is 5.32 Å². The van der Waals surface area contributed by atoms with Crippen molar-refractivity contribution < 1.29 is 32.6 Å². The Kier molecular flexibility index (Phi) is 4.44. The molecule has 0 spiro atoms. The molecular weight excluding hydrogens is 318 g/mol. The van der Waals surface area contributed by atoms with Gasteiger partial charge in [-0.05, 0) is 25.1 Å². The third kappa shape index (κ3) is 3.05. The highest BCUT2D eigenvalue weighted by molar-refractivity contribution is 5.92. The van der Waals surface area contributed by atoms with Crippen molar-refractivity contribution in [3.63, 3.8) is 0 Å². The average molecular weight is 329 g/mol. The molecule has 2 aromatic rings. The molecule has 2 aromatic carbocycles. The second-order valence-electron chi connectivity index (χ2n) is 4.75. The number of rotatable bonds is 4. The summed E-state index contributed by atoms with van der Waals surface area (Å²) in [5.41, 5.74) is -1.95. The summed E-state index contributed by atoms with van der Waals surface area (Å²) in [5, 5.41) is 20.7. The van der Waals surface area contributed by atoms with Gasteiger partial charge in [-0.2, -0.15) is 0 Å². The molecule has 0 atom stereocenters. The van der Waals surface area contributed by atoms with Gasteiger partial charge in [-0.1, -0.05) is 0 Å². The van der Waals surface area contributed by atoms with Gasteiger partial charge < -0.3 is 15.5 Å². The van der Waals surface area contributed by atoms with Crippen LogP contribution in [0.3, 0.4) is 0 Å². The summed E-state index contributed by atoms with van der Waals surface area (Å²) in [6.07, 6.45) is 0. The molecule has 0 bridgehead atoms. The number of carboxylic acid groups (broad SMARTS) is 1. The number of halogens is 4.